The number of carbonyl (C=O) groups is 1. The highest BCUT2D eigenvalue weighted by Gasteiger charge is 2.23. The zero-order valence-electron chi connectivity index (χ0n) is 13.0. The summed E-state index contributed by atoms with van der Waals surface area (Å²) in [5.41, 5.74) is 3.28. The molecule has 0 spiro atoms. The number of nitrogens with zero attached hydrogens (tertiary/aromatic N) is 2. The molecule has 0 atom stereocenters. The van der Waals surface area contributed by atoms with Crippen LogP contribution in [0.4, 0.5) is 0 Å². The number of piperazine rings is 1. The van der Waals surface area contributed by atoms with Crippen molar-refractivity contribution in [1.29, 1.82) is 0 Å². The highest BCUT2D eigenvalue weighted by molar-refractivity contribution is 5.93. The Hall–Kier alpha value is -2.27. The van der Waals surface area contributed by atoms with E-state index in [0.717, 1.165) is 51.5 Å². The molecule has 5 heteroatoms. The van der Waals surface area contributed by atoms with Crippen molar-refractivity contribution in [2.45, 2.75) is 13.0 Å². The molecule has 0 unspecified atom stereocenters. The molecule has 0 bridgehead atoms. The molecule has 0 saturated carbocycles. The first kappa shape index (κ1) is 14.3. The Morgan fingerprint density at radius 2 is 2.00 bits per heavy atom. The molecule has 1 saturated heterocycles. The van der Waals surface area contributed by atoms with Crippen LogP contribution in [0.5, 0.6) is 5.75 Å². The SMILES string of the molecule is O=C(c1ccoc1)N1CCN(Cc2ccc3c(c2)CCO3)CC1. The van der Waals surface area contributed by atoms with Crippen LogP contribution in [0.25, 0.3) is 0 Å². The van der Waals surface area contributed by atoms with Gasteiger partial charge in [-0.1, -0.05) is 12.1 Å². The van der Waals surface area contributed by atoms with E-state index in [1.807, 2.05) is 4.90 Å². The maximum Gasteiger partial charge on any atom is 0.257 e. The number of fused-ring (bicyclic) bond motifs is 1. The van der Waals surface area contributed by atoms with Gasteiger partial charge in [0, 0.05) is 39.1 Å². The Labute approximate surface area is 135 Å². The number of furan rings is 1. The lowest BCUT2D eigenvalue weighted by atomic mass is 10.1. The van der Waals surface area contributed by atoms with Crippen molar-refractivity contribution in [2.75, 3.05) is 32.8 Å². The third-order valence-electron chi connectivity index (χ3n) is 4.59. The van der Waals surface area contributed by atoms with Gasteiger partial charge in [0.1, 0.15) is 12.0 Å². The second kappa shape index (κ2) is 6.08. The second-order valence-corrected chi connectivity index (χ2v) is 6.12. The number of hydrogen-bond donors (Lipinski definition) is 0. The minimum atomic E-state index is 0.0630. The van der Waals surface area contributed by atoms with E-state index in [1.165, 1.54) is 17.4 Å². The van der Waals surface area contributed by atoms with Crippen LogP contribution < -0.4 is 4.74 Å². The highest BCUT2D eigenvalue weighted by Crippen LogP contribution is 2.26. The molecule has 2 aliphatic rings. The second-order valence-electron chi connectivity index (χ2n) is 6.12. The molecule has 120 valence electrons. The minimum Gasteiger partial charge on any atom is -0.493 e. The van der Waals surface area contributed by atoms with Crippen LogP contribution in [-0.4, -0.2) is 48.5 Å². The topological polar surface area (TPSA) is 45.9 Å². The Morgan fingerprint density at radius 1 is 1.13 bits per heavy atom. The molecule has 4 rings (SSSR count). The van der Waals surface area contributed by atoms with Crippen molar-refractivity contribution < 1.29 is 13.9 Å². The smallest absolute Gasteiger partial charge is 0.257 e. The standard InChI is InChI=1S/C18H20N2O3/c21-18(16-3-9-22-13-16)20-7-5-19(6-8-20)12-14-1-2-17-15(11-14)4-10-23-17/h1-3,9,11,13H,4-8,10,12H2. The molecule has 0 radical (unpaired) electrons. The molecule has 2 aromatic rings. The van der Waals surface area contributed by atoms with E-state index < -0.39 is 0 Å². The summed E-state index contributed by atoms with van der Waals surface area (Å²) in [7, 11) is 0. The summed E-state index contributed by atoms with van der Waals surface area (Å²) < 4.78 is 10.5. The Bertz CT molecular complexity index is 688. The summed E-state index contributed by atoms with van der Waals surface area (Å²) >= 11 is 0. The fourth-order valence-corrected chi connectivity index (χ4v) is 3.27. The Morgan fingerprint density at radius 3 is 2.78 bits per heavy atom. The van der Waals surface area contributed by atoms with Gasteiger partial charge in [0.15, 0.2) is 0 Å². The van der Waals surface area contributed by atoms with Gasteiger partial charge in [-0.25, -0.2) is 0 Å². The zero-order chi connectivity index (χ0) is 15.6. The van der Waals surface area contributed by atoms with Gasteiger partial charge in [0.25, 0.3) is 5.91 Å². The molecule has 23 heavy (non-hydrogen) atoms. The average molecular weight is 312 g/mol. The number of ether oxygens (including phenoxy) is 1. The maximum atomic E-state index is 12.3. The molecule has 1 aromatic heterocycles. The number of hydrogen-bond acceptors (Lipinski definition) is 4. The number of carbonyl (C=O) groups excluding carboxylic acids is 1. The van der Waals surface area contributed by atoms with Gasteiger partial charge in [-0.05, 0) is 23.3 Å². The molecule has 0 aliphatic carbocycles. The Kier molecular flexibility index (Phi) is 3.79. The molecular formula is C18H20N2O3. The van der Waals surface area contributed by atoms with Crippen molar-refractivity contribution >= 4 is 5.91 Å². The summed E-state index contributed by atoms with van der Waals surface area (Å²) in [6.07, 6.45) is 4.07. The lowest BCUT2D eigenvalue weighted by molar-refractivity contribution is 0.0628. The molecular weight excluding hydrogens is 292 g/mol. The summed E-state index contributed by atoms with van der Waals surface area (Å²) in [6, 6.07) is 8.20. The van der Waals surface area contributed by atoms with Crippen molar-refractivity contribution in [3.05, 3.63) is 53.5 Å². The predicted molar refractivity (Wildman–Crippen MR) is 85.5 cm³/mol. The van der Waals surface area contributed by atoms with E-state index in [-0.39, 0.29) is 5.91 Å². The lowest BCUT2D eigenvalue weighted by Gasteiger charge is -2.34. The first-order valence-electron chi connectivity index (χ1n) is 8.08. The van der Waals surface area contributed by atoms with Gasteiger partial charge in [0.05, 0.1) is 18.4 Å². The summed E-state index contributed by atoms with van der Waals surface area (Å²) in [4.78, 5) is 16.6. The Balaban J connectivity index is 1.34. The quantitative estimate of drug-likeness (QED) is 0.871. The third-order valence-corrected chi connectivity index (χ3v) is 4.59. The molecule has 0 N–H and O–H groups in total. The maximum absolute atomic E-state index is 12.3. The highest BCUT2D eigenvalue weighted by atomic mass is 16.5. The molecule has 1 amide bonds. The predicted octanol–water partition coefficient (Wildman–Crippen LogP) is 2.17. The minimum absolute atomic E-state index is 0.0630. The molecule has 1 fully saturated rings. The molecule has 1 aromatic carbocycles. The number of benzene rings is 1. The van der Waals surface area contributed by atoms with Crippen molar-refractivity contribution in [2.24, 2.45) is 0 Å². The first-order chi connectivity index (χ1) is 11.3. The number of amides is 1. The van der Waals surface area contributed by atoms with Gasteiger partial charge in [0.2, 0.25) is 0 Å². The van der Waals surface area contributed by atoms with Gasteiger partial charge in [-0.15, -0.1) is 0 Å². The van der Waals surface area contributed by atoms with Crippen LogP contribution in [0.2, 0.25) is 0 Å². The van der Waals surface area contributed by atoms with Crippen LogP contribution in [0.15, 0.2) is 41.2 Å². The van der Waals surface area contributed by atoms with E-state index in [1.54, 1.807) is 12.3 Å². The average Bonchev–Trinajstić information content (AvgIpc) is 3.26. The van der Waals surface area contributed by atoms with Crippen LogP contribution in [0, 0.1) is 0 Å². The van der Waals surface area contributed by atoms with Crippen LogP contribution in [-0.2, 0) is 13.0 Å². The van der Waals surface area contributed by atoms with Crippen molar-refractivity contribution in [1.82, 2.24) is 9.80 Å². The van der Waals surface area contributed by atoms with E-state index in [2.05, 4.69) is 23.1 Å². The zero-order valence-corrected chi connectivity index (χ0v) is 13.0. The van der Waals surface area contributed by atoms with E-state index in [4.69, 9.17) is 9.15 Å². The van der Waals surface area contributed by atoms with E-state index in [9.17, 15) is 4.79 Å². The number of rotatable bonds is 3. The normalized spacial score (nSPS) is 17.8. The van der Waals surface area contributed by atoms with Crippen LogP contribution in [0.3, 0.4) is 0 Å². The van der Waals surface area contributed by atoms with E-state index in [0.29, 0.717) is 5.56 Å². The third kappa shape index (κ3) is 2.97. The molecule has 2 aliphatic heterocycles. The lowest BCUT2D eigenvalue weighted by Crippen LogP contribution is -2.48. The molecule has 5 nitrogen and oxygen atoms in total. The van der Waals surface area contributed by atoms with Gasteiger partial charge in [-0.2, -0.15) is 0 Å². The van der Waals surface area contributed by atoms with Crippen LogP contribution >= 0.6 is 0 Å². The van der Waals surface area contributed by atoms with Crippen molar-refractivity contribution in [3.8, 4) is 5.75 Å². The van der Waals surface area contributed by atoms with Gasteiger partial charge >= 0.3 is 0 Å². The van der Waals surface area contributed by atoms with Crippen molar-refractivity contribution in [3.63, 3.8) is 0 Å². The van der Waals surface area contributed by atoms with Gasteiger partial charge in [-0.3, -0.25) is 9.69 Å². The molecule has 3 heterocycles. The summed E-state index contributed by atoms with van der Waals surface area (Å²) in [5, 5.41) is 0. The van der Waals surface area contributed by atoms with E-state index >= 15 is 0 Å². The van der Waals surface area contributed by atoms with Gasteiger partial charge < -0.3 is 14.1 Å². The summed E-state index contributed by atoms with van der Waals surface area (Å²) in [6.45, 7) is 5.05. The largest absolute Gasteiger partial charge is 0.493 e. The first-order valence-corrected chi connectivity index (χ1v) is 8.08. The monoisotopic (exact) mass is 312 g/mol. The fourth-order valence-electron chi connectivity index (χ4n) is 3.27. The fraction of sp³-hybridized carbons (Fsp3) is 0.389. The van der Waals surface area contributed by atoms with Crippen LogP contribution in [0.1, 0.15) is 21.5 Å². The summed E-state index contributed by atoms with van der Waals surface area (Å²) in [5.74, 6) is 1.09.